The molecule has 4 aromatic rings. The van der Waals surface area contributed by atoms with Crippen LogP contribution in [-0.2, 0) is 0 Å². The normalized spacial score (nSPS) is 9.71. The minimum atomic E-state index is -0.162. The first-order chi connectivity index (χ1) is 13.7. The molecule has 0 aliphatic rings. The van der Waals surface area contributed by atoms with Crippen LogP contribution in [-0.4, -0.2) is 11.8 Å². The van der Waals surface area contributed by atoms with Gasteiger partial charge in [-0.3, -0.25) is 9.59 Å². The zero-order valence-corrected chi connectivity index (χ0v) is 14.9. The van der Waals surface area contributed by atoms with Gasteiger partial charge in [0.05, 0.1) is 23.8 Å². The molecule has 0 atom stereocenters. The molecule has 140 valence electrons. The lowest BCUT2D eigenvalue weighted by Gasteiger charge is -2.01. The minimum absolute atomic E-state index is 0.132. The zero-order chi connectivity index (χ0) is 19.6. The van der Waals surface area contributed by atoms with Crippen LogP contribution in [0.25, 0.3) is 0 Å². The van der Waals surface area contributed by atoms with Crippen molar-refractivity contribution in [3.8, 4) is 0 Å². The highest BCUT2D eigenvalue weighted by molar-refractivity contribution is 6.04. The molecule has 0 saturated carbocycles. The van der Waals surface area contributed by atoms with E-state index in [9.17, 15) is 9.59 Å². The molecule has 0 radical (unpaired) electrons. The first kappa shape index (κ1) is 18.7. The highest BCUT2D eigenvalue weighted by Gasteiger charge is 2.06. The third-order valence-corrected chi connectivity index (χ3v) is 3.63. The van der Waals surface area contributed by atoms with Gasteiger partial charge in [-0.05, 0) is 36.4 Å². The summed E-state index contributed by atoms with van der Waals surface area (Å²) in [5, 5.41) is 5.45. The quantitative estimate of drug-likeness (QED) is 0.523. The highest BCUT2D eigenvalue weighted by atomic mass is 16.3. The van der Waals surface area contributed by atoms with Crippen LogP contribution >= 0.6 is 0 Å². The van der Waals surface area contributed by atoms with Gasteiger partial charge in [0.25, 0.3) is 11.8 Å². The van der Waals surface area contributed by atoms with Gasteiger partial charge < -0.3 is 19.5 Å². The maximum Gasteiger partial charge on any atom is 0.258 e. The summed E-state index contributed by atoms with van der Waals surface area (Å²) in [6.45, 7) is 0. The maximum atomic E-state index is 11.6. The van der Waals surface area contributed by atoms with Crippen molar-refractivity contribution in [3.05, 3.63) is 109 Å². The van der Waals surface area contributed by atoms with Gasteiger partial charge in [-0.15, -0.1) is 0 Å². The number of benzene rings is 2. The summed E-state index contributed by atoms with van der Waals surface area (Å²) in [5.41, 5.74) is 2.60. The molecule has 2 aromatic heterocycles. The Balaban J connectivity index is 0.000000161. The van der Waals surface area contributed by atoms with Crippen molar-refractivity contribution in [3.63, 3.8) is 0 Å². The predicted molar refractivity (Wildman–Crippen MR) is 106 cm³/mol. The van der Waals surface area contributed by atoms with Crippen molar-refractivity contribution in [1.29, 1.82) is 0 Å². The molecule has 2 heterocycles. The summed E-state index contributed by atoms with van der Waals surface area (Å²) in [4.78, 5) is 23.1. The van der Waals surface area contributed by atoms with E-state index in [4.69, 9.17) is 8.83 Å². The molecule has 0 fully saturated rings. The minimum Gasteiger partial charge on any atom is -0.472 e. The van der Waals surface area contributed by atoms with E-state index in [2.05, 4.69) is 10.6 Å². The third-order valence-electron chi connectivity index (χ3n) is 3.63. The van der Waals surface area contributed by atoms with Crippen LogP contribution in [0.4, 0.5) is 11.4 Å². The molecule has 2 amide bonds. The molecule has 0 spiro atoms. The molecule has 4 rings (SSSR count). The van der Waals surface area contributed by atoms with Crippen molar-refractivity contribution < 1.29 is 18.4 Å². The standard InChI is InChI=1S/2C11H9NO2/c13-11(9-6-7-14-8-9)12-10-4-2-1-3-5-10;13-11(9-4-2-1-3-5-9)12-10-6-7-14-8-10/h2*1-8H,(H,12,13). The Morgan fingerprint density at radius 2 is 1.14 bits per heavy atom. The van der Waals surface area contributed by atoms with Gasteiger partial charge >= 0.3 is 0 Å². The number of carbonyl (C=O) groups excluding carboxylic acids is 2. The molecule has 6 nitrogen and oxygen atoms in total. The molecule has 2 N–H and O–H groups in total. The van der Waals surface area contributed by atoms with Crippen LogP contribution in [0.3, 0.4) is 0 Å². The Labute approximate surface area is 161 Å². The fourth-order valence-electron chi connectivity index (χ4n) is 2.25. The van der Waals surface area contributed by atoms with E-state index in [0.29, 0.717) is 16.8 Å². The second kappa shape index (κ2) is 9.59. The van der Waals surface area contributed by atoms with Crippen molar-refractivity contribution in [1.82, 2.24) is 0 Å². The van der Waals surface area contributed by atoms with Crippen LogP contribution < -0.4 is 10.6 Å². The van der Waals surface area contributed by atoms with Gasteiger partial charge in [0.15, 0.2) is 0 Å². The van der Waals surface area contributed by atoms with Crippen molar-refractivity contribution in [2.75, 3.05) is 10.6 Å². The van der Waals surface area contributed by atoms with E-state index in [0.717, 1.165) is 5.69 Å². The number of rotatable bonds is 4. The molecular formula is C22H18N2O4. The van der Waals surface area contributed by atoms with Gasteiger partial charge in [-0.2, -0.15) is 0 Å². The Kier molecular flexibility index (Phi) is 6.41. The number of furan rings is 2. The van der Waals surface area contributed by atoms with Crippen LogP contribution in [0.5, 0.6) is 0 Å². The molecular weight excluding hydrogens is 356 g/mol. The number of hydrogen-bond donors (Lipinski definition) is 2. The molecule has 0 saturated heterocycles. The lowest BCUT2D eigenvalue weighted by Crippen LogP contribution is -2.10. The zero-order valence-electron chi connectivity index (χ0n) is 14.9. The number of nitrogens with one attached hydrogen (secondary N) is 2. The van der Waals surface area contributed by atoms with Gasteiger partial charge in [-0.1, -0.05) is 36.4 Å². The first-order valence-corrected chi connectivity index (χ1v) is 8.49. The SMILES string of the molecule is O=C(Nc1ccccc1)c1ccoc1.O=C(Nc1ccoc1)c1ccccc1. The number of carbonyl (C=O) groups is 2. The third kappa shape index (κ3) is 5.47. The lowest BCUT2D eigenvalue weighted by molar-refractivity contribution is 0.101. The molecule has 0 bridgehead atoms. The monoisotopic (exact) mass is 374 g/mol. The Morgan fingerprint density at radius 1 is 0.571 bits per heavy atom. The smallest absolute Gasteiger partial charge is 0.258 e. The summed E-state index contributed by atoms with van der Waals surface area (Å²) in [7, 11) is 0. The van der Waals surface area contributed by atoms with Crippen molar-refractivity contribution in [2.24, 2.45) is 0 Å². The van der Waals surface area contributed by atoms with Gasteiger partial charge in [0.1, 0.15) is 12.5 Å². The second-order valence-electron chi connectivity index (χ2n) is 5.66. The molecule has 28 heavy (non-hydrogen) atoms. The number of para-hydroxylation sites is 1. The van der Waals surface area contributed by atoms with Crippen molar-refractivity contribution in [2.45, 2.75) is 0 Å². The maximum absolute atomic E-state index is 11.6. The van der Waals surface area contributed by atoms with E-state index in [1.54, 1.807) is 24.3 Å². The summed E-state index contributed by atoms with van der Waals surface area (Å²) in [6.07, 6.45) is 5.89. The molecule has 2 aromatic carbocycles. The number of amides is 2. The van der Waals surface area contributed by atoms with E-state index < -0.39 is 0 Å². The van der Waals surface area contributed by atoms with E-state index in [1.807, 2.05) is 48.5 Å². The summed E-state index contributed by atoms with van der Waals surface area (Å²) in [6, 6.07) is 21.6. The second-order valence-corrected chi connectivity index (χ2v) is 5.66. The average Bonchev–Trinajstić information content (AvgIpc) is 3.44. The predicted octanol–water partition coefficient (Wildman–Crippen LogP) is 5.06. The lowest BCUT2D eigenvalue weighted by atomic mass is 10.2. The highest BCUT2D eigenvalue weighted by Crippen LogP contribution is 2.09. The Bertz CT molecular complexity index is 980. The van der Waals surface area contributed by atoms with Crippen LogP contribution in [0.15, 0.2) is 107 Å². The topological polar surface area (TPSA) is 84.5 Å². The molecule has 0 unspecified atom stereocenters. The number of hydrogen-bond acceptors (Lipinski definition) is 4. The fourth-order valence-corrected chi connectivity index (χ4v) is 2.25. The van der Waals surface area contributed by atoms with Gasteiger partial charge in [-0.25, -0.2) is 0 Å². The van der Waals surface area contributed by atoms with E-state index >= 15 is 0 Å². The van der Waals surface area contributed by atoms with Gasteiger partial charge in [0, 0.05) is 11.3 Å². The molecule has 6 heteroatoms. The number of anilines is 2. The largest absolute Gasteiger partial charge is 0.472 e. The van der Waals surface area contributed by atoms with Crippen molar-refractivity contribution >= 4 is 23.2 Å². The van der Waals surface area contributed by atoms with Crippen LogP contribution in [0.1, 0.15) is 20.7 Å². The molecule has 0 aliphatic carbocycles. The summed E-state index contributed by atoms with van der Waals surface area (Å²) in [5.74, 6) is -0.294. The van der Waals surface area contributed by atoms with Crippen LogP contribution in [0.2, 0.25) is 0 Å². The Hall–Kier alpha value is -4.06. The molecule has 0 aliphatic heterocycles. The fraction of sp³-hybridized carbons (Fsp3) is 0. The van der Waals surface area contributed by atoms with Gasteiger partial charge in [0.2, 0.25) is 0 Å². The Morgan fingerprint density at radius 3 is 1.75 bits per heavy atom. The van der Waals surface area contributed by atoms with Crippen LogP contribution in [0, 0.1) is 0 Å². The van der Waals surface area contributed by atoms with E-state index in [-0.39, 0.29) is 11.8 Å². The van der Waals surface area contributed by atoms with E-state index in [1.165, 1.54) is 25.1 Å². The first-order valence-electron chi connectivity index (χ1n) is 8.49. The summed E-state index contributed by atoms with van der Waals surface area (Å²) < 4.78 is 9.65. The average molecular weight is 374 g/mol. The summed E-state index contributed by atoms with van der Waals surface area (Å²) >= 11 is 0.